The summed E-state index contributed by atoms with van der Waals surface area (Å²) in [5.74, 6) is 1.04. The fourth-order valence-corrected chi connectivity index (χ4v) is 3.32. The number of alkyl halides is 1. The zero-order valence-corrected chi connectivity index (χ0v) is 15.5. The Morgan fingerprint density at radius 3 is 2.33 bits per heavy atom. The SMILES string of the molecule is CCCCCCCCCC(Br)c1cc(C)ccc1OCC. The zero-order chi connectivity index (χ0) is 15.5. The first-order valence-corrected chi connectivity index (χ1v) is 9.48. The molecule has 0 radical (unpaired) electrons. The third-order valence-corrected chi connectivity index (χ3v) is 4.81. The lowest BCUT2D eigenvalue weighted by Gasteiger charge is -2.16. The van der Waals surface area contributed by atoms with E-state index in [1.165, 1.54) is 62.5 Å². The number of rotatable bonds is 11. The molecule has 1 unspecified atom stereocenters. The van der Waals surface area contributed by atoms with Crippen LogP contribution < -0.4 is 4.74 Å². The second-order valence-corrected chi connectivity index (χ2v) is 6.96. The Hall–Kier alpha value is -0.500. The molecular weight excluding hydrogens is 324 g/mol. The highest BCUT2D eigenvalue weighted by Crippen LogP contribution is 2.35. The summed E-state index contributed by atoms with van der Waals surface area (Å²) in [5.41, 5.74) is 2.61. The summed E-state index contributed by atoms with van der Waals surface area (Å²) in [6.07, 6.45) is 10.7. The molecule has 0 bridgehead atoms. The molecule has 0 saturated heterocycles. The lowest BCUT2D eigenvalue weighted by atomic mass is 10.0. The Balaban J connectivity index is 2.37. The molecule has 0 N–H and O–H groups in total. The molecule has 0 aliphatic carbocycles. The third-order valence-electron chi connectivity index (χ3n) is 3.86. The number of halogens is 1. The Kier molecular flexibility index (Phi) is 9.82. The predicted octanol–water partition coefficient (Wildman–Crippen LogP) is 6.97. The van der Waals surface area contributed by atoms with Crippen LogP contribution in [0.3, 0.4) is 0 Å². The quantitative estimate of drug-likeness (QED) is 0.308. The van der Waals surface area contributed by atoms with Gasteiger partial charge in [-0.1, -0.05) is 85.5 Å². The highest BCUT2D eigenvalue weighted by molar-refractivity contribution is 9.09. The topological polar surface area (TPSA) is 9.23 Å². The fraction of sp³-hybridized carbons (Fsp3) is 0.684. The molecule has 0 aliphatic rings. The van der Waals surface area contributed by atoms with Crippen molar-refractivity contribution in [3.8, 4) is 5.75 Å². The summed E-state index contributed by atoms with van der Waals surface area (Å²) < 4.78 is 5.75. The van der Waals surface area contributed by atoms with Crippen LogP contribution >= 0.6 is 15.9 Å². The van der Waals surface area contributed by atoms with Gasteiger partial charge in [0.1, 0.15) is 5.75 Å². The van der Waals surface area contributed by atoms with Crippen LogP contribution in [0.2, 0.25) is 0 Å². The average molecular weight is 355 g/mol. The number of ether oxygens (including phenoxy) is 1. The van der Waals surface area contributed by atoms with Crippen LogP contribution in [0.4, 0.5) is 0 Å². The number of unbranched alkanes of at least 4 members (excludes halogenated alkanes) is 6. The van der Waals surface area contributed by atoms with Crippen LogP contribution in [0.1, 0.15) is 81.2 Å². The predicted molar refractivity (Wildman–Crippen MR) is 96.6 cm³/mol. The van der Waals surface area contributed by atoms with E-state index in [9.17, 15) is 0 Å². The van der Waals surface area contributed by atoms with Crippen molar-refractivity contribution in [3.63, 3.8) is 0 Å². The molecule has 0 aliphatic heterocycles. The first-order valence-electron chi connectivity index (χ1n) is 8.56. The highest BCUT2D eigenvalue weighted by Gasteiger charge is 2.13. The van der Waals surface area contributed by atoms with Crippen molar-refractivity contribution < 1.29 is 4.74 Å². The van der Waals surface area contributed by atoms with E-state index in [1.807, 2.05) is 6.92 Å². The summed E-state index contributed by atoms with van der Waals surface area (Å²) in [5, 5.41) is 0. The molecule has 1 nitrogen and oxygen atoms in total. The van der Waals surface area contributed by atoms with E-state index in [2.05, 4.69) is 48.0 Å². The molecule has 120 valence electrons. The van der Waals surface area contributed by atoms with Crippen LogP contribution in [-0.4, -0.2) is 6.61 Å². The molecule has 0 heterocycles. The number of hydrogen-bond donors (Lipinski definition) is 0. The van der Waals surface area contributed by atoms with Gasteiger partial charge in [-0.15, -0.1) is 0 Å². The van der Waals surface area contributed by atoms with Crippen molar-refractivity contribution in [1.29, 1.82) is 0 Å². The smallest absolute Gasteiger partial charge is 0.123 e. The average Bonchev–Trinajstić information content (AvgIpc) is 2.48. The van der Waals surface area contributed by atoms with Gasteiger partial charge in [0.05, 0.1) is 6.61 Å². The molecule has 2 heteroatoms. The van der Waals surface area contributed by atoms with Crippen LogP contribution in [0.25, 0.3) is 0 Å². The third kappa shape index (κ3) is 7.35. The molecular formula is C19H31BrO. The minimum atomic E-state index is 0.412. The fourth-order valence-electron chi connectivity index (χ4n) is 2.64. The van der Waals surface area contributed by atoms with Gasteiger partial charge in [0.15, 0.2) is 0 Å². The molecule has 1 aromatic rings. The summed E-state index contributed by atoms with van der Waals surface area (Å²) in [4.78, 5) is 0.412. The molecule has 0 spiro atoms. The maximum Gasteiger partial charge on any atom is 0.123 e. The summed E-state index contributed by atoms with van der Waals surface area (Å²) >= 11 is 3.86. The van der Waals surface area contributed by atoms with Gasteiger partial charge >= 0.3 is 0 Å². The Morgan fingerprint density at radius 2 is 1.67 bits per heavy atom. The molecule has 1 rings (SSSR count). The van der Waals surface area contributed by atoms with Crippen molar-refractivity contribution in [2.24, 2.45) is 0 Å². The molecule has 0 amide bonds. The van der Waals surface area contributed by atoms with Crippen molar-refractivity contribution >= 4 is 15.9 Å². The van der Waals surface area contributed by atoms with Crippen molar-refractivity contribution in [2.75, 3.05) is 6.61 Å². The summed E-state index contributed by atoms with van der Waals surface area (Å²) in [7, 11) is 0. The maximum atomic E-state index is 5.75. The normalized spacial score (nSPS) is 12.4. The second-order valence-electron chi connectivity index (χ2n) is 5.85. The Bertz CT molecular complexity index is 389. The number of hydrogen-bond acceptors (Lipinski definition) is 1. The van der Waals surface area contributed by atoms with Crippen molar-refractivity contribution in [1.82, 2.24) is 0 Å². The van der Waals surface area contributed by atoms with Crippen molar-refractivity contribution in [3.05, 3.63) is 29.3 Å². The highest BCUT2D eigenvalue weighted by atomic mass is 79.9. The molecule has 0 aromatic heterocycles. The van der Waals surface area contributed by atoms with Gasteiger partial charge in [0.2, 0.25) is 0 Å². The zero-order valence-electron chi connectivity index (χ0n) is 14.0. The van der Waals surface area contributed by atoms with Gasteiger partial charge in [-0.2, -0.15) is 0 Å². The van der Waals surface area contributed by atoms with Crippen LogP contribution in [-0.2, 0) is 0 Å². The van der Waals surface area contributed by atoms with Crippen LogP contribution in [0.15, 0.2) is 18.2 Å². The van der Waals surface area contributed by atoms with Gasteiger partial charge in [0, 0.05) is 10.4 Å². The van der Waals surface area contributed by atoms with E-state index in [4.69, 9.17) is 4.74 Å². The van der Waals surface area contributed by atoms with Crippen LogP contribution in [0, 0.1) is 6.92 Å². The number of aryl methyl sites for hydroxylation is 1. The number of benzene rings is 1. The summed E-state index contributed by atoms with van der Waals surface area (Å²) in [6, 6.07) is 6.49. The van der Waals surface area contributed by atoms with Crippen LogP contribution in [0.5, 0.6) is 5.75 Å². The second kappa shape index (κ2) is 11.1. The van der Waals surface area contributed by atoms with E-state index < -0.39 is 0 Å². The standard InChI is InChI=1S/C19H31BrO/c1-4-6-7-8-9-10-11-12-18(20)17-15-16(3)13-14-19(17)21-5-2/h13-15,18H,4-12H2,1-3H3. The summed E-state index contributed by atoms with van der Waals surface area (Å²) in [6.45, 7) is 7.19. The molecule has 1 aromatic carbocycles. The first kappa shape index (κ1) is 18.5. The molecule has 1 atom stereocenters. The minimum Gasteiger partial charge on any atom is -0.494 e. The van der Waals surface area contributed by atoms with Crippen molar-refractivity contribution in [2.45, 2.75) is 77.0 Å². The van der Waals surface area contributed by atoms with Gasteiger partial charge in [-0.05, 0) is 26.3 Å². The van der Waals surface area contributed by atoms with E-state index in [-0.39, 0.29) is 0 Å². The molecule has 0 saturated carbocycles. The molecule has 0 fully saturated rings. The van der Waals surface area contributed by atoms with E-state index in [0.717, 1.165) is 12.4 Å². The Labute approximate surface area is 139 Å². The van der Waals surface area contributed by atoms with E-state index >= 15 is 0 Å². The van der Waals surface area contributed by atoms with Gasteiger partial charge < -0.3 is 4.74 Å². The first-order chi connectivity index (χ1) is 10.2. The molecule has 21 heavy (non-hydrogen) atoms. The monoisotopic (exact) mass is 354 g/mol. The maximum absolute atomic E-state index is 5.75. The van der Waals surface area contributed by atoms with Gasteiger partial charge in [-0.25, -0.2) is 0 Å². The Morgan fingerprint density at radius 1 is 1.00 bits per heavy atom. The lowest BCUT2D eigenvalue weighted by Crippen LogP contribution is -1.99. The van der Waals surface area contributed by atoms with Gasteiger partial charge in [0.25, 0.3) is 0 Å². The largest absolute Gasteiger partial charge is 0.494 e. The van der Waals surface area contributed by atoms with Gasteiger partial charge in [-0.3, -0.25) is 0 Å². The minimum absolute atomic E-state index is 0.412. The van der Waals surface area contributed by atoms with E-state index in [1.54, 1.807) is 0 Å². The lowest BCUT2D eigenvalue weighted by molar-refractivity contribution is 0.336. The van der Waals surface area contributed by atoms with E-state index in [0.29, 0.717) is 4.83 Å².